The van der Waals surface area contributed by atoms with Crippen molar-refractivity contribution in [2.45, 2.75) is 0 Å². The minimum atomic E-state index is -0.423. The number of aromatic hydroxyl groups is 1. The molecular weight excluding hydrogens is 468 g/mol. The molecule has 0 spiro atoms. The summed E-state index contributed by atoms with van der Waals surface area (Å²) in [6.07, 6.45) is 1.60. The molecule has 1 aliphatic heterocycles. The Morgan fingerprint density at radius 1 is 1.11 bits per heavy atom. The third kappa shape index (κ3) is 6.93. The molecule has 1 saturated heterocycles. The van der Waals surface area contributed by atoms with Gasteiger partial charge in [0.2, 0.25) is 0 Å². The Morgan fingerprint density at radius 3 is 2.71 bits per heavy atom. The lowest BCUT2D eigenvalue weighted by molar-refractivity contribution is 0.0384. The van der Waals surface area contributed by atoms with Crippen LogP contribution in [0.1, 0.15) is 15.9 Å². The first-order chi connectivity index (χ1) is 17.1. The van der Waals surface area contributed by atoms with Crippen molar-refractivity contribution in [2.24, 2.45) is 5.10 Å². The molecule has 0 radical (unpaired) electrons. The minimum absolute atomic E-state index is 0.0794. The number of nitrogens with one attached hydrogen (secondary N) is 2. The van der Waals surface area contributed by atoms with Gasteiger partial charge in [-0.3, -0.25) is 9.69 Å². The van der Waals surface area contributed by atoms with Gasteiger partial charge in [-0.1, -0.05) is 35.9 Å². The summed E-state index contributed by atoms with van der Waals surface area (Å²) in [5.74, 6) is 0.299. The van der Waals surface area contributed by atoms with Crippen molar-refractivity contribution in [1.29, 1.82) is 0 Å². The highest BCUT2D eigenvalue weighted by atomic mass is 35.5. The third-order valence-electron chi connectivity index (χ3n) is 5.74. The lowest BCUT2D eigenvalue weighted by atomic mass is 10.0. The Labute approximate surface area is 209 Å². The van der Waals surface area contributed by atoms with Crippen LogP contribution in [0.2, 0.25) is 5.02 Å². The number of carbonyl (C=O) groups excluding carboxylic acids is 1. The topological polar surface area (TPSA) is 95.4 Å². The predicted molar refractivity (Wildman–Crippen MR) is 138 cm³/mol. The number of halogens is 1. The fraction of sp³-hybridized carbons (Fsp3) is 0.308. The molecule has 4 rings (SSSR count). The van der Waals surface area contributed by atoms with Crippen LogP contribution < -0.4 is 15.5 Å². The quantitative estimate of drug-likeness (QED) is 0.226. The van der Waals surface area contributed by atoms with Gasteiger partial charge < -0.3 is 19.9 Å². The van der Waals surface area contributed by atoms with Crippen molar-refractivity contribution in [3.05, 3.63) is 70.7 Å². The molecule has 9 heteroatoms. The Morgan fingerprint density at radius 2 is 1.91 bits per heavy atom. The average Bonchev–Trinajstić information content (AvgIpc) is 2.89. The smallest absolute Gasteiger partial charge is 0.271 e. The molecule has 1 heterocycles. The van der Waals surface area contributed by atoms with Crippen LogP contribution in [0.25, 0.3) is 10.8 Å². The van der Waals surface area contributed by atoms with E-state index in [-0.39, 0.29) is 10.8 Å². The second-order valence-corrected chi connectivity index (χ2v) is 8.52. The summed E-state index contributed by atoms with van der Waals surface area (Å²) in [7, 11) is 0. The van der Waals surface area contributed by atoms with Crippen LogP contribution in [0.5, 0.6) is 11.5 Å². The van der Waals surface area contributed by atoms with Gasteiger partial charge in [0.15, 0.2) is 0 Å². The molecule has 0 unspecified atom stereocenters. The van der Waals surface area contributed by atoms with Crippen LogP contribution in [0, 0.1) is 0 Å². The molecule has 0 aliphatic carbocycles. The lowest BCUT2D eigenvalue weighted by Crippen LogP contribution is -2.40. The summed E-state index contributed by atoms with van der Waals surface area (Å²) in [6.45, 7) is 6.87. The highest BCUT2D eigenvalue weighted by molar-refractivity contribution is 6.32. The molecule has 3 aromatic rings. The highest BCUT2D eigenvalue weighted by Gasteiger charge is 2.10. The van der Waals surface area contributed by atoms with Gasteiger partial charge in [0.1, 0.15) is 18.1 Å². The van der Waals surface area contributed by atoms with Crippen molar-refractivity contribution in [3.8, 4) is 11.5 Å². The molecule has 8 nitrogen and oxygen atoms in total. The van der Waals surface area contributed by atoms with Crippen LogP contribution in [0.3, 0.4) is 0 Å². The minimum Gasteiger partial charge on any atom is -0.506 e. The molecule has 3 N–H and O–H groups in total. The Balaban J connectivity index is 1.31. The largest absolute Gasteiger partial charge is 0.506 e. The fourth-order valence-electron chi connectivity index (χ4n) is 3.83. The van der Waals surface area contributed by atoms with E-state index >= 15 is 0 Å². The third-order valence-corrected chi connectivity index (χ3v) is 6.05. The van der Waals surface area contributed by atoms with E-state index in [0.717, 1.165) is 68.0 Å². The number of ether oxygens (including phenoxy) is 2. The van der Waals surface area contributed by atoms with Gasteiger partial charge in [-0.2, -0.15) is 5.10 Å². The highest BCUT2D eigenvalue weighted by Crippen LogP contribution is 2.28. The summed E-state index contributed by atoms with van der Waals surface area (Å²) < 4.78 is 11.4. The maximum Gasteiger partial charge on any atom is 0.271 e. The van der Waals surface area contributed by atoms with E-state index in [1.165, 1.54) is 18.2 Å². The van der Waals surface area contributed by atoms with E-state index in [0.29, 0.717) is 12.2 Å². The van der Waals surface area contributed by atoms with Crippen LogP contribution in [0.15, 0.2) is 59.7 Å². The van der Waals surface area contributed by atoms with Crippen LogP contribution >= 0.6 is 11.6 Å². The number of benzene rings is 3. The monoisotopic (exact) mass is 496 g/mol. The Hall–Kier alpha value is -3.17. The van der Waals surface area contributed by atoms with Crippen LogP contribution in [-0.2, 0) is 4.74 Å². The van der Waals surface area contributed by atoms with Gasteiger partial charge in [0, 0.05) is 49.2 Å². The van der Waals surface area contributed by atoms with E-state index < -0.39 is 5.91 Å². The van der Waals surface area contributed by atoms with Gasteiger partial charge in [-0.15, -0.1) is 0 Å². The maximum absolute atomic E-state index is 12.3. The van der Waals surface area contributed by atoms with Crippen molar-refractivity contribution in [2.75, 3.05) is 52.5 Å². The molecule has 0 aromatic heterocycles. The summed E-state index contributed by atoms with van der Waals surface area (Å²) in [6, 6.07) is 16.0. The van der Waals surface area contributed by atoms with Gasteiger partial charge in [-0.05, 0) is 35.7 Å². The Kier molecular flexibility index (Phi) is 8.91. The average molecular weight is 497 g/mol. The first kappa shape index (κ1) is 24.9. The zero-order valence-corrected chi connectivity index (χ0v) is 20.1. The maximum atomic E-state index is 12.3. The zero-order chi connectivity index (χ0) is 24.5. The number of fused-ring (bicyclic) bond motifs is 1. The molecule has 184 valence electrons. The normalized spacial score (nSPS) is 14.4. The van der Waals surface area contributed by atoms with Gasteiger partial charge >= 0.3 is 0 Å². The van der Waals surface area contributed by atoms with E-state index in [9.17, 15) is 9.90 Å². The molecule has 1 fully saturated rings. The van der Waals surface area contributed by atoms with Crippen molar-refractivity contribution >= 4 is 34.5 Å². The lowest BCUT2D eigenvalue weighted by Gasteiger charge is -2.26. The number of hydrazone groups is 1. The van der Waals surface area contributed by atoms with E-state index in [1.54, 1.807) is 6.21 Å². The van der Waals surface area contributed by atoms with Gasteiger partial charge in [0.05, 0.1) is 24.5 Å². The number of phenolic OH excluding ortho intramolecular Hbond substituents is 1. The van der Waals surface area contributed by atoms with E-state index in [4.69, 9.17) is 21.1 Å². The molecular formula is C26H29ClN4O4. The molecule has 35 heavy (non-hydrogen) atoms. The van der Waals surface area contributed by atoms with Crippen LogP contribution in [-0.4, -0.2) is 74.7 Å². The van der Waals surface area contributed by atoms with Crippen molar-refractivity contribution in [3.63, 3.8) is 0 Å². The zero-order valence-electron chi connectivity index (χ0n) is 19.4. The first-order valence-corrected chi connectivity index (χ1v) is 12.0. The number of hydrogen-bond acceptors (Lipinski definition) is 7. The van der Waals surface area contributed by atoms with Crippen molar-refractivity contribution < 1.29 is 19.4 Å². The number of carbonyl (C=O) groups is 1. The number of nitrogens with zero attached hydrogens (tertiary/aromatic N) is 2. The number of phenols is 1. The van der Waals surface area contributed by atoms with E-state index in [2.05, 4.69) is 20.7 Å². The Bertz CT molecular complexity index is 1180. The SMILES string of the molecule is O=C(NN=Cc1ccc(OCCNCCN2CCOCC2)c2ccccc12)c1ccc(O)c(Cl)c1. The summed E-state index contributed by atoms with van der Waals surface area (Å²) >= 11 is 5.87. The first-order valence-electron chi connectivity index (χ1n) is 11.6. The van der Waals surface area contributed by atoms with E-state index in [1.807, 2.05) is 36.4 Å². The number of morpholine rings is 1. The van der Waals surface area contributed by atoms with Crippen LogP contribution in [0.4, 0.5) is 0 Å². The molecule has 0 bridgehead atoms. The molecule has 0 atom stereocenters. The summed E-state index contributed by atoms with van der Waals surface area (Å²) in [5, 5.41) is 19.1. The number of hydrogen-bond donors (Lipinski definition) is 3. The predicted octanol–water partition coefficient (Wildman–Crippen LogP) is 3.26. The molecule has 1 aliphatic rings. The van der Waals surface area contributed by atoms with Crippen molar-refractivity contribution in [1.82, 2.24) is 15.6 Å². The number of rotatable bonds is 10. The fourth-order valence-corrected chi connectivity index (χ4v) is 4.01. The number of amides is 1. The standard InChI is InChI=1S/C26H29ClN4O4/c27-23-17-19(5-7-24(23)32)26(33)30-29-18-20-6-8-25(22-4-2-1-3-21(20)22)35-14-10-28-9-11-31-12-15-34-16-13-31/h1-8,17-18,28,32H,9-16H2,(H,30,33). The summed E-state index contributed by atoms with van der Waals surface area (Å²) in [4.78, 5) is 14.7. The van der Waals surface area contributed by atoms with Gasteiger partial charge in [0.25, 0.3) is 5.91 Å². The molecule has 3 aromatic carbocycles. The molecule has 1 amide bonds. The van der Waals surface area contributed by atoms with Gasteiger partial charge in [-0.25, -0.2) is 5.43 Å². The summed E-state index contributed by atoms with van der Waals surface area (Å²) in [5.41, 5.74) is 3.64. The second-order valence-electron chi connectivity index (χ2n) is 8.12. The molecule has 0 saturated carbocycles. The second kappa shape index (κ2) is 12.5.